The first-order valence-corrected chi connectivity index (χ1v) is 5.40. The monoisotopic (exact) mass is 237 g/mol. The molecule has 0 saturated carbocycles. The Bertz CT molecular complexity index is 480. The molecule has 6 nitrogen and oxygen atoms in total. The van der Waals surface area contributed by atoms with Crippen molar-refractivity contribution in [1.82, 2.24) is 14.7 Å². The first-order valence-electron chi connectivity index (χ1n) is 5.40. The van der Waals surface area contributed by atoms with E-state index in [1.165, 1.54) is 4.90 Å². The summed E-state index contributed by atoms with van der Waals surface area (Å²) in [7, 11) is 3.42. The van der Waals surface area contributed by atoms with Crippen LogP contribution >= 0.6 is 0 Å². The Morgan fingerprint density at radius 2 is 2.18 bits per heavy atom. The van der Waals surface area contributed by atoms with Gasteiger partial charge in [0.15, 0.2) is 0 Å². The zero-order valence-corrected chi connectivity index (χ0v) is 10.0. The van der Waals surface area contributed by atoms with Gasteiger partial charge >= 0.3 is 5.97 Å². The van der Waals surface area contributed by atoms with Crippen molar-refractivity contribution in [2.75, 3.05) is 7.05 Å². The fourth-order valence-electron chi connectivity index (χ4n) is 2.42. The van der Waals surface area contributed by atoms with Crippen molar-refractivity contribution in [3.63, 3.8) is 0 Å². The third-order valence-electron chi connectivity index (χ3n) is 3.27. The van der Waals surface area contributed by atoms with Crippen molar-refractivity contribution in [2.45, 2.75) is 19.4 Å². The SMILES string of the molecule is Cc1nn(C)cc1C1C(C(=O)O)CC(=O)N1C. The maximum absolute atomic E-state index is 11.6. The van der Waals surface area contributed by atoms with E-state index in [1.54, 1.807) is 25.0 Å². The number of aliphatic carboxylic acids is 1. The van der Waals surface area contributed by atoms with Crippen LogP contribution in [0.15, 0.2) is 6.20 Å². The third-order valence-corrected chi connectivity index (χ3v) is 3.27. The molecule has 1 saturated heterocycles. The third kappa shape index (κ3) is 1.79. The summed E-state index contributed by atoms with van der Waals surface area (Å²) in [5, 5.41) is 13.4. The zero-order valence-electron chi connectivity index (χ0n) is 10.0. The van der Waals surface area contributed by atoms with Crippen LogP contribution in [-0.4, -0.2) is 38.7 Å². The van der Waals surface area contributed by atoms with Gasteiger partial charge in [0, 0.05) is 32.3 Å². The molecule has 1 amide bonds. The van der Waals surface area contributed by atoms with Gasteiger partial charge < -0.3 is 10.0 Å². The number of carboxylic acid groups (broad SMARTS) is 1. The highest BCUT2D eigenvalue weighted by molar-refractivity contribution is 5.87. The molecule has 1 N–H and O–H groups in total. The largest absolute Gasteiger partial charge is 0.481 e. The molecule has 2 atom stereocenters. The summed E-state index contributed by atoms with van der Waals surface area (Å²) in [6, 6.07) is -0.409. The number of aryl methyl sites for hydroxylation is 2. The number of nitrogens with zero attached hydrogens (tertiary/aromatic N) is 3. The van der Waals surface area contributed by atoms with Crippen molar-refractivity contribution >= 4 is 11.9 Å². The molecule has 2 heterocycles. The number of rotatable bonds is 2. The molecule has 1 aliphatic rings. The molecular weight excluding hydrogens is 222 g/mol. The lowest BCUT2D eigenvalue weighted by atomic mass is 9.94. The van der Waals surface area contributed by atoms with E-state index in [1.807, 2.05) is 6.92 Å². The van der Waals surface area contributed by atoms with Crippen molar-refractivity contribution in [3.05, 3.63) is 17.5 Å². The molecular formula is C11H15N3O3. The minimum atomic E-state index is -0.934. The van der Waals surface area contributed by atoms with Gasteiger partial charge in [0.05, 0.1) is 17.7 Å². The number of amides is 1. The van der Waals surface area contributed by atoms with Crippen LogP contribution in [-0.2, 0) is 16.6 Å². The lowest BCUT2D eigenvalue weighted by molar-refractivity contribution is -0.142. The lowest BCUT2D eigenvalue weighted by Crippen LogP contribution is -2.27. The highest BCUT2D eigenvalue weighted by atomic mass is 16.4. The van der Waals surface area contributed by atoms with E-state index >= 15 is 0 Å². The fourth-order valence-corrected chi connectivity index (χ4v) is 2.42. The van der Waals surface area contributed by atoms with E-state index in [0.29, 0.717) is 0 Å². The summed E-state index contributed by atoms with van der Waals surface area (Å²) in [4.78, 5) is 24.3. The normalized spacial score (nSPS) is 24.4. The summed E-state index contributed by atoms with van der Waals surface area (Å²) in [6.07, 6.45) is 1.84. The van der Waals surface area contributed by atoms with Gasteiger partial charge in [-0.3, -0.25) is 14.3 Å². The first kappa shape index (κ1) is 11.6. The molecule has 0 bridgehead atoms. The standard InChI is InChI=1S/C11H15N3O3/c1-6-8(5-13(2)12-6)10-7(11(16)17)4-9(15)14(10)3/h5,7,10H,4H2,1-3H3,(H,16,17). The number of likely N-dealkylation sites (tertiary alicyclic amines) is 1. The Hall–Kier alpha value is -1.85. The smallest absolute Gasteiger partial charge is 0.309 e. The first-order chi connectivity index (χ1) is 7.91. The van der Waals surface area contributed by atoms with Crippen LogP contribution in [0.5, 0.6) is 0 Å². The number of hydrogen-bond acceptors (Lipinski definition) is 3. The Morgan fingerprint density at radius 1 is 1.53 bits per heavy atom. The van der Waals surface area contributed by atoms with Crippen molar-refractivity contribution < 1.29 is 14.7 Å². The van der Waals surface area contributed by atoms with Crippen molar-refractivity contribution in [2.24, 2.45) is 13.0 Å². The lowest BCUT2D eigenvalue weighted by Gasteiger charge is -2.22. The molecule has 17 heavy (non-hydrogen) atoms. The van der Waals surface area contributed by atoms with E-state index in [-0.39, 0.29) is 12.3 Å². The maximum atomic E-state index is 11.6. The van der Waals surface area contributed by atoms with Crippen molar-refractivity contribution in [1.29, 1.82) is 0 Å². The van der Waals surface area contributed by atoms with Crippen LogP contribution in [0.1, 0.15) is 23.7 Å². The molecule has 0 aromatic carbocycles. The summed E-state index contributed by atoms with van der Waals surface area (Å²) in [5.41, 5.74) is 1.58. The molecule has 1 fully saturated rings. The van der Waals surface area contributed by atoms with Gasteiger partial charge in [0.2, 0.25) is 5.91 Å². The van der Waals surface area contributed by atoms with Crippen LogP contribution in [0.2, 0.25) is 0 Å². The highest BCUT2D eigenvalue weighted by Crippen LogP contribution is 2.38. The van der Waals surface area contributed by atoms with Crippen molar-refractivity contribution in [3.8, 4) is 0 Å². The second kappa shape index (κ2) is 3.87. The number of hydrogen-bond donors (Lipinski definition) is 1. The molecule has 1 aromatic heterocycles. The molecule has 0 aliphatic carbocycles. The zero-order chi connectivity index (χ0) is 12.7. The molecule has 2 rings (SSSR count). The van der Waals surface area contributed by atoms with Crippen LogP contribution in [0, 0.1) is 12.8 Å². The van der Waals surface area contributed by atoms with Crippen LogP contribution in [0.4, 0.5) is 0 Å². The Morgan fingerprint density at radius 3 is 2.65 bits per heavy atom. The van der Waals surface area contributed by atoms with E-state index in [9.17, 15) is 14.7 Å². The fraction of sp³-hybridized carbons (Fsp3) is 0.545. The average Bonchev–Trinajstić information content (AvgIpc) is 2.69. The Labute approximate surface area is 98.8 Å². The number of carbonyl (C=O) groups excluding carboxylic acids is 1. The summed E-state index contributed by atoms with van der Waals surface area (Å²) >= 11 is 0. The molecule has 0 radical (unpaired) electrons. The second-order valence-electron chi connectivity index (χ2n) is 4.44. The molecule has 2 unspecified atom stereocenters. The van der Waals surface area contributed by atoms with Gasteiger partial charge in [0.1, 0.15) is 0 Å². The summed E-state index contributed by atoms with van der Waals surface area (Å²) < 4.78 is 1.64. The molecule has 0 spiro atoms. The van der Waals surface area contributed by atoms with Gasteiger partial charge in [0.25, 0.3) is 0 Å². The van der Waals surface area contributed by atoms with E-state index < -0.39 is 17.9 Å². The van der Waals surface area contributed by atoms with Crippen LogP contribution in [0.3, 0.4) is 0 Å². The Balaban J connectivity index is 2.44. The van der Waals surface area contributed by atoms with Crippen LogP contribution in [0.25, 0.3) is 0 Å². The maximum Gasteiger partial charge on any atom is 0.309 e. The second-order valence-corrected chi connectivity index (χ2v) is 4.44. The minimum Gasteiger partial charge on any atom is -0.481 e. The molecule has 1 aliphatic heterocycles. The summed E-state index contributed by atoms with van der Waals surface area (Å²) in [5.74, 6) is -1.75. The predicted octanol–water partition coefficient (Wildman–Crippen LogP) is 0.333. The van der Waals surface area contributed by atoms with Crippen LogP contribution < -0.4 is 0 Å². The van der Waals surface area contributed by atoms with Gasteiger partial charge in [-0.05, 0) is 6.92 Å². The Kier molecular flexibility index (Phi) is 2.65. The predicted molar refractivity (Wildman–Crippen MR) is 59.2 cm³/mol. The number of carboxylic acids is 1. The quantitative estimate of drug-likeness (QED) is 0.804. The number of carbonyl (C=O) groups is 2. The molecule has 1 aromatic rings. The highest BCUT2D eigenvalue weighted by Gasteiger charge is 2.43. The van der Waals surface area contributed by atoms with E-state index in [0.717, 1.165) is 11.3 Å². The van der Waals surface area contributed by atoms with Gasteiger partial charge in [-0.1, -0.05) is 0 Å². The minimum absolute atomic E-state index is 0.0604. The summed E-state index contributed by atoms with van der Waals surface area (Å²) in [6.45, 7) is 1.82. The van der Waals surface area contributed by atoms with E-state index in [4.69, 9.17) is 0 Å². The topological polar surface area (TPSA) is 75.4 Å². The molecule has 6 heteroatoms. The van der Waals surface area contributed by atoms with Gasteiger partial charge in [-0.2, -0.15) is 5.10 Å². The van der Waals surface area contributed by atoms with Gasteiger partial charge in [-0.15, -0.1) is 0 Å². The molecule has 92 valence electrons. The van der Waals surface area contributed by atoms with E-state index in [2.05, 4.69) is 5.10 Å². The average molecular weight is 237 g/mol. The van der Waals surface area contributed by atoms with Gasteiger partial charge in [-0.25, -0.2) is 0 Å². The number of aromatic nitrogens is 2.